The summed E-state index contributed by atoms with van der Waals surface area (Å²) in [7, 11) is 0.703. The molecule has 208 valence electrons. The van der Waals surface area contributed by atoms with Crippen LogP contribution in [0.4, 0.5) is 0 Å². The van der Waals surface area contributed by atoms with Crippen LogP contribution in [0.3, 0.4) is 0 Å². The van der Waals surface area contributed by atoms with Gasteiger partial charge in [0.15, 0.2) is 0 Å². The molecule has 0 aliphatic carbocycles. The second kappa shape index (κ2) is 20.7. The molecule has 35 heavy (non-hydrogen) atoms. The average Bonchev–Trinajstić information content (AvgIpc) is 2.83. The first-order chi connectivity index (χ1) is 16.0. The summed E-state index contributed by atoms with van der Waals surface area (Å²) in [5, 5.41) is 0. The molecule has 0 bridgehead atoms. The number of rotatable bonds is 18. The summed E-state index contributed by atoms with van der Waals surface area (Å²) in [5.74, 6) is -0.403. The van der Waals surface area contributed by atoms with Crippen molar-refractivity contribution in [1.82, 2.24) is 0 Å². The van der Waals surface area contributed by atoms with Crippen LogP contribution in [0.5, 0.6) is 0 Å². The van der Waals surface area contributed by atoms with Crippen LogP contribution in [0.25, 0.3) is 0 Å². The first kappa shape index (κ1) is 39.2. The number of hydrogen-bond acceptors (Lipinski definition) is 8. The molecule has 0 N–H and O–H groups in total. The molecule has 2 atom stereocenters. The summed E-state index contributed by atoms with van der Waals surface area (Å²) in [6, 6.07) is 1.37. The second-order valence-electron chi connectivity index (χ2n) is 8.37. The first-order valence-electron chi connectivity index (χ1n) is 12.2. The molecule has 0 heterocycles. The Balaban J connectivity index is -0.000000569. The third-order valence-electron chi connectivity index (χ3n) is 6.17. The van der Waals surface area contributed by atoms with Gasteiger partial charge in [0.2, 0.25) is 0 Å². The Hall–Kier alpha value is -0.358. The molecule has 0 aromatic rings. The summed E-state index contributed by atoms with van der Waals surface area (Å²) >= 11 is 0. The predicted molar refractivity (Wildman–Crippen MR) is 138 cm³/mol. The van der Waals surface area contributed by atoms with Crippen molar-refractivity contribution in [1.29, 1.82) is 0 Å². The summed E-state index contributed by atoms with van der Waals surface area (Å²) in [4.78, 5) is 47.3. The molecule has 0 aromatic heterocycles. The average molecular weight is 716 g/mol. The minimum absolute atomic E-state index is 0. The van der Waals surface area contributed by atoms with E-state index in [9.17, 15) is 19.2 Å². The standard InChI is InChI=1S/2C12H24O4Si.Pt/c2*1-6-8-9-17(15-4,16-5)12(10(3)13)11(14)7-2;/h2*12H,6-9H2,1-5H3;/q;;+2. The summed E-state index contributed by atoms with van der Waals surface area (Å²) in [5.41, 5.74) is -1.37. The third kappa shape index (κ3) is 11.7. The zero-order valence-corrected chi connectivity index (χ0v) is 27.7. The Labute approximate surface area is 229 Å². The Bertz CT molecular complexity index is 583. The van der Waals surface area contributed by atoms with Crippen molar-refractivity contribution in [3.8, 4) is 0 Å². The smallest absolute Gasteiger partial charge is 0.397 e. The van der Waals surface area contributed by atoms with E-state index in [0.717, 1.165) is 25.7 Å². The molecule has 0 spiro atoms. The Morgan fingerprint density at radius 1 is 0.600 bits per heavy atom. The summed E-state index contributed by atoms with van der Waals surface area (Å²) in [6.07, 6.45) is 4.50. The minimum Gasteiger partial charge on any atom is -0.397 e. The maximum absolute atomic E-state index is 11.9. The molecule has 0 amide bonds. The van der Waals surface area contributed by atoms with Crippen molar-refractivity contribution in [2.24, 2.45) is 0 Å². The van der Waals surface area contributed by atoms with Gasteiger partial charge in [-0.1, -0.05) is 53.4 Å². The Morgan fingerprint density at radius 3 is 1.00 bits per heavy atom. The van der Waals surface area contributed by atoms with Crippen LogP contribution in [-0.4, -0.2) is 68.7 Å². The van der Waals surface area contributed by atoms with Crippen LogP contribution in [0.1, 0.15) is 80.1 Å². The van der Waals surface area contributed by atoms with E-state index in [1.165, 1.54) is 13.8 Å². The largest absolute Gasteiger partial charge is 2.00 e. The number of ketones is 4. The van der Waals surface area contributed by atoms with E-state index in [0.29, 0.717) is 24.9 Å². The molecule has 0 saturated carbocycles. The van der Waals surface area contributed by atoms with E-state index in [4.69, 9.17) is 17.7 Å². The molecule has 0 saturated heterocycles. The van der Waals surface area contributed by atoms with Crippen molar-refractivity contribution in [2.75, 3.05) is 28.4 Å². The van der Waals surface area contributed by atoms with Crippen LogP contribution in [0.15, 0.2) is 0 Å². The second-order valence-corrected chi connectivity index (χ2v) is 15.4. The molecule has 2 unspecified atom stereocenters. The van der Waals surface area contributed by atoms with Gasteiger partial charge in [-0.2, -0.15) is 0 Å². The fraction of sp³-hybridized carbons (Fsp3) is 0.833. The number of hydrogen-bond donors (Lipinski definition) is 0. The van der Waals surface area contributed by atoms with E-state index in [1.807, 2.05) is 0 Å². The van der Waals surface area contributed by atoms with Gasteiger partial charge in [-0.15, -0.1) is 0 Å². The molecular formula is C24H48O8PtSi2+2. The zero-order chi connectivity index (χ0) is 26.9. The third-order valence-corrected chi connectivity index (χ3v) is 14.3. The van der Waals surface area contributed by atoms with E-state index in [1.54, 1.807) is 42.3 Å². The summed E-state index contributed by atoms with van der Waals surface area (Å²) < 4.78 is 22.0. The van der Waals surface area contributed by atoms with Gasteiger partial charge in [-0.3, -0.25) is 19.2 Å². The van der Waals surface area contributed by atoms with Crippen molar-refractivity contribution in [3.63, 3.8) is 0 Å². The Morgan fingerprint density at radius 2 is 0.857 bits per heavy atom. The van der Waals surface area contributed by atoms with Crippen LogP contribution < -0.4 is 0 Å². The fourth-order valence-electron chi connectivity index (χ4n) is 4.15. The van der Waals surface area contributed by atoms with Gasteiger partial charge in [-0.25, -0.2) is 0 Å². The van der Waals surface area contributed by atoms with Gasteiger partial charge in [-0.05, 0) is 25.9 Å². The molecule has 0 aliphatic rings. The maximum Gasteiger partial charge on any atom is 2.00 e. The van der Waals surface area contributed by atoms with Gasteiger partial charge in [0.25, 0.3) is 0 Å². The Kier molecular flexibility index (Phi) is 23.1. The van der Waals surface area contributed by atoms with E-state index >= 15 is 0 Å². The minimum atomic E-state index is -2.74. The fourth-order valence-corrected chi connectivity index (χ4v) is 11.1. The van der Waals surface area contributed by atoms with Gasteiger partial charge >= 0.3 is 38.2 Å². The number of Topliss-reactive ketones (excluding diaryl/α,β-unsaturated/α-hetero) is 4. The van der Waals surface area contributed by atoms with E-state index in [2.05, 4.69) is 13.8 Å². The summed E-state index contributed by atoms with van der Waals surface area (Å²) in [6.45, 7) is 10.6. The normalized spacial score (nSPS) is 13.1. The van der Waals surface area contributed by atoms with Crippen molar-refractivity contribution in [2.45, 2.75) is 103 Å². The molecule has 0 aliphatic heterocycles. The van der Waals surface area contributed by atoms with Crippen LogP contribution in [0, 0.1) is 0 Å². The topological polar surface area (TPSA) is 105 Å². The van der Waals surface area contributed by atoms with Gasteiger partial charge in [0, 0.05) is 41.3 Å². The number of carbonyl (C=O) groups is 4. The van der Waals surface area contributed by atoms with Crippen molar-refractivity contribution in [3.05, 3.63) is 0 Å². The van der Waals surface area contributed by atoms with E-state index < -0.39 is 28.2 Å². The first-order valence-corrected chi connectivity index (χ1v) is 16.4. The van der Waals surface area contributed by atoms with E-state index in [-0.39, 0.29) is 44.2 Å². The number of carbonyl (C=O) groups excluding carboxylic acids is 4. The quantitative estimate of drug-likeness (QED) is 0.146. The van der Waals surface area contributed by atoms with Crippen molar-refractivity contribution < 1.29 is 57.9 Å². The van der Waals surface area contributed by atoms with Gasteiger partial charge in [0.05, 0.1) is 0 Å². The molecule has 0 radical (unpaired) electrons. The molecular weight excluding hydrogens is 668 g/mol. The molecule has 8 nitrogen and oxygen atoms in total. The molecule has 11 heteroatoms. The monoisotopic (exact) mass is 715 g/mol. The van der Waals surface area contributed by atoms with Gasteiger partial charge in [0.1, 0.15) is 34.2 Å². The molecule has 0 aromatic carbocycles. The molecule has 0 fully saturated rings. The zero-order valence-electron chi connectivity index (χ0n) is 23.4. The number of unbranched alkanes of at least 4 members (excludes halogenated alkanes) is 2. The molecule has 0 rings (SSSR count). The SMILES string of the molecule is CCCC[Si](OC)(OC)C(C(C)=O)C(=O)CC.CCCC[Si](OC)(OC)C(C(C)=O)C(=O)CC.[Pt+2]. The van der Waals surface area contributed by atoms with Crippen LogP contribution >= 0.6 is 0 Å². The van der Waals surface area contributed by atoms with Crippen LogP contribution in [0.2, 0.25) is 23.2 Å². The predicted octanol–water partition coefficient (Wildman–Crippen LogP) is 4.92. The van der Waals surface area contributed by atoms with Crippen molar-refractivity contribution >= 4 is 40.3 Å². The van der Waals surface area contributed by atoms with Gasteiger partial charge < -0.3 is 17.7 Å². The van der Waals surface area contributed by atoms with Crippen LogP contribution in [-0.2, 0) is 57.9 Å². The maximum atomic E-state index is 11.9.